The van der Waals surface area contributed by atoms with Crippen LogP contribution in [0.2, 0.25) is 0 Å². The van der Waals surface area contributed by atoms with Gasteiger partial charge in [-0.05, 0) is 92.9 Å². The van der Waals surface area contributed by atoms with E-state index in [0.717, 1.165) is 0 Å². The van der Waals surface area contributed by atoms with Gasteiger partial charge in [0.15, 0.2) is 0 Å². The van der Waals surface area contributed by atoms with Gasteiger partial charge >= 0.3 is 0 Å². The van der Waals surface area contributed by atoms with Crippen molar-refractivity contribution < 1.29 is 0 Å². The minimum Gasteiger partial charge on any atom is -0.0642 e. The molecule has 4 rings (SSSR count). The van der Waals surface area contributed by atoms with E-state index in [1.807, 2.05) is 0 Å². The van der Waals surface area contributed by atoms with Crippen molar-refractivity contribution in [2.24, 2.45) is 0 Å². The Kier molecular flexibility index (Phi) is 3.89. The second kappa shape index (κ2) is 5.71. The Hall–Kier alpha value is -1.12. The monoisotopic (exact) mass is 442 g/mol. The Balaban J connectivity index is 1.89. The van der Waals surface area contributed by atoms with Gasteiger partial charge < -0.3 is 0 Å². The molecule has 0 radical (unpaired) electrons. The number of allylic oxidation sites excluding steroid dienone is 2. The smallest absolute Gasteiger partial charge is 0.0279 e. The third-order valence-electron chi connectivity index (χ3n) is 5.54. The fraction of sp³-hybridized carbons (Fsp3) is 0.273. The summed E-state index contributed by atoms with van der Waals surface area (Å²) in [4.78, 5) is 0. The molecular weight excluding hydrogens is 424 g/mol. The highest BCUT2D eigenvalue weighted by molar-refractivity contribution is 9.11. The first-order valence-electron chi connectivity index (χ1n) is 8.34. The largest absolute Gasteiger partial charge is 0.0642 e. The van der Waals surface area contributed by atoms with Crippen molar-refractivity contribution in [2.45, 2.75) is 39.5 Å². The number of aryl methyl sites for hydroxylation is 2. The molecule has 2 unspecified atom stereocenters. The zero-order valence-electron chi connectivity index (χ0n) is 14.4. The van der Waals surface area contributed by atoms with Crippen LogP contribution in [0.15, 0.2) is 44.4 Å². The summed E-state index contributed by atoms with van der Waals surface area (Å²) in [5.41, 5.74) is 11.2. The van der Waals surface area contributed by atoms with Crippen molar-refractivity contribution in [3.63, 3.8) is 0 Å². The molecule has 0 bridgehead atoms. The van der Waals surface area contributed by atoms with Crippen molar-refractivity contribution in [2.75, 3.05) is 0 Å². The molecule has 2 atom stereocenters. The van der Waals surface area contributed by atoms with Crippen LogP contribution in [-0.2, 0) is 0 Å². The molecular formula is C22H20Br2. The normalized spacial score (nSPS) is 21.4. The van der Waals surface area contributed by atoms with Crippen LogP contribution in [0.4, 0.5) is 0 Å². The van der Waals surface area contributed by atoms with Gasteiger partial charge in [0.1, 0.15) is 0 Å². The van der Waals surface area contributed by atoms with Gasteiger partial charge in [0.2, 0.25) is 0 Å². The van der Waals surface area contributed by atoms with Crippen molar-refractivity contribution in [1.29, 1.82) is 0 Å². The van der Waals surface area contributed by atoms with Gasteiger partial charge in [-0.1, -0.05) is 47.6 Å². The molecule has 0 aliphatic heterocycles. The summed E-state index contributed by atoms with van der Waals surface area (Å²) in [6.45, 7) is 8.88. The third kappa shape index (κ3) is 2.23. The van der Waals surface area contributed by atoms with Crippen LogP contribution in [-0.4, -0.2) is 0 Å². The van der Waals surface area contributed by atoms with E-state index < -0.39 is 0 Å². The molecule has 0 aromatic heterocycles. The number of fused-ring (bicyclic) bond motifs is 2. The van der Waals surface area contributed by atoms with Gasteiger partial charge in [0.05, 0.1) is 0 Å². The van der Waals surface area contributed by atoms with Crippen LogP contribution in [0.3, 0.4) is 0 Å². The summed E-state index contributed by atoms with van der Waals surface area (Å²) < 4.78 is 2.48. The topological polar surface area (TPSA) is 0 Å². The van der Waals surface area contributed by atoms with Gasteiger partial charge in [0, 0.05) is 20.8 Å². The molecule has 2 aliphatic rings. The van der Waals surface area contributed by atoms with E-state index in [-0.39, 0.29) is 0 Å². The maximum Gasteiger partial charge on any atom is 0.0279 e. The van der Waals surface area contributed by atoms with E-state index in [4.69, 9.17) is 0 Å². The second-order valence-corrected chi connectivity index (χ2v) is 8.72. The molecule has 2 aromatic rings. The zero-order chi connectivity index (χ0) is 17.2. The van der Waals surface area contributed by atoms with Crippen LogP contribution in [0.5, 0.6) is 0 Å². The lowest BCUT2D eigenvalue weighted by Crippen LogP contribution is -2.11. The molecule has 0 heterocycles. The highest BCUT2D eigenvalue weighted by Crippen LogP contribution is 2.54. The van der Waals surface area contributed by atoms with Gasteiger partial charge in [0.25, 0.3) is 0 Å². The standard InChI is InChI=1S/C22H20Br2/c1-11-5-7-15-17(21(11)23)9-13(3)19(15)20-14(4)10-18-16(20)8-6-12(2)22(18)24/h5-10,19-20H,1-4H3. The fourth-order valence-corrected chi connectivity index (χ4v) is 5.23. The SMILES string of the molecule is CC1=Cc2c(ccc(C)c2Br)C1C1C(C)=Cc2c1ccc(C)c2Br. The molecule has 0 spiro atoms. The number of rotatable bonds is 1. The average molecular weight is 444 g/mol. The molecule has 2 aliphatic carbocycles. The summed E-state index contributed by atoms with van der Waals surface area (Å²) in [7, 11) is 0. The number of hydrogen-bond donors (Lipinski definition) is 0. The van der Waals surface area contributed by atoms with Crippen LogP contribution in [0, 0.1) is 13.8 Å². The van der Waals surface area contributed by atoms with Crippen molar-refractivity contribution >= 4 is 44.0 Å². The zero-order valence-corrected chi connectivity index (χ0v) is 17.5. The lowest BCUT2D eigenvalue weighted by molar-refractivity contribution is 0.691. The molecule has 0 saturated heterocycles. The number of halogens is 2. The predicted molar refractivity (Wildman–Crippen MR) is 111 cm³/mol. The number of hydrogen-bond acceptors (Lipinski definition) is 0. The Bertz CT molecular complexity index is 854. The summed E-state index contributed by atoms with van der Waals surface area (Å²) >= 11 is 7.59. The maximum absolute atomic E-state index is 3.80. The lowest BCUT2D eigenvalue weighted by atomic mass is 9.78. The van der Waals surface area contributed by atoms with E-state index in [0.29, 0.717) is 11.8 Å². The lowest BCUT2D eigenvalue weighted by Gasteiger charge is -2.26. The second-order valence-electron chi connectivity index (χ2n) is 7.13. The molecule has 0 nitrogen and oxygen atoms in total. The molecule has 122 valence electrons. The Labute approximate surface area is 160 Å². The maximum atomic E-state index is 3.80. The number of benzene rings is 2. The molecule has 0 N–H and O–H groups in total. The minimum absolute atomic E-state index is 0.434. The van der Waals surface area contributed by atoms with Gasteiger partial charge in [-0.15, -0.1) is 0 Å². The molecule has 2 heteroatoms. The van der Waals surface area contributed by atoms with Crippen LogP contribution < -0.4 is 0 Å². The van der Waals surface area contributed by atoms with Gasteiger partial charge in [-0.2, -0.15) is 0 Å². The summed E-state index contributed by atoms with van der Waals surface area (Å²) in [5.74, 6) is 0.869. The third-order valence-corrected chi connectivity index (χ3v) is 7.65. The fourth-order valence-electron chi connectivity index (χ4n) is 4.28. The summed E-state index contributed by atoms with van der Waals surface area (Å²) in [6.07, 6.45) is 4.73. The van der Waals surface area contributed by atoms with E-state index in [9.17, 15) is 0 Å². The Morgan fingerprint density at radius 1 is 0.625 bits per heavy atom. The molecule has 0 amide bonds. The Morgan fingerprint density at radius 3 is 1.38 bits per heavy atom. The van der Waals surface area contributed by atoms with E-state index >= 15 is 0 Å². The van der Waals surface area contributed by atoms with E-state index in [1.54, 1.807) is 0 Å². The minimum atomic E-state index is 0.434. The van der Waals surface area contributed by atoms with Crippen LogP contribution in [0.1, 0.15) is 59.1 Å². The van der Waals surface area contributed by atoms with Crippen LogP contribution >= 0.6 is 31.9 Å². The first-order chi connectivity index (χ1) is 11.4. The molecule has 0 saturated carbocycles. The van der Waals surface area contributed by atoms with E-state index in [1.165, 1.54) is 53.5 Å². The first kappa shape index (κ1) is 16.4. The summed E-state index contributed by atoms with van der Waals surface area (Å²) in [5, 5.41) is 0. The van der Waals surface area contributed by atoms with Gasteiger partial charge in [-0.25, -0.2) is 0 Å². The van der Waals surface area contributed by atoms with Crippen LogP contribution in [0.25, 0.3) is 12.2 Å². The van der Waals surface area contributed by atoms with E-state index in [2.05, 4.69) is 96.0 Å². The predicted octanol–water partition coefficient (Wildman–Crippen LogP) is 7.53. The Morgan fingerprint density at radius 2 is 1.00 bits per heavy atom. The van der Waals surface area contributed by atoms with Gasteiger partial charge in [-0.3, -0.25) is 0 Å². The first-order valence-corrected chi connectivity index (χ1v) is 9.93. The molecule has 0 fully saturated rings. The highest BCUT2D eigenvalue weighted by atomic mass is 79.9. The molecule has 24 heavy (non-hydrogen) atoms. The average Bonchev–Trinajstić information content (AvgIpc) is 3.04. The van der Waals surface area contributed by atoms with Crippen molar-refractivity contribution in [1.82, 2.24) is 0 Å². The quantitative estimate of drug-likeness (QED) is 0.427. The van der Waals surface area contributed by atoms with Crippen molar-refractivity contribution in [3.8, 4) is 0 Å². The van der Waals surface area contributed by atoms with Crippen molar-refractivity contribution in [3.05, 3.63) is 77.7 Å². The summed E-state index contributed by atoms with van der Waals surface area (Å²) in [6, 6.07) is 9.12. The highest BCUT2D eigenvalue weighted by Gasteiger charge is 2.37. The molecule has 2 aromatic carbocycles.